The molecule has 2 aliphatic rings. The van der Waals surface area contributed by atoms with E-state index < -0.39 is 10.1 Å². The molecule has 0 saturated heterocycles. The molecule has 0 radical (unpaired) electrons. The highest BCUT2D eigenvalue weighted by molar-refractivity contribution is 7.85. The van der Waals surface area contributed by atoms with E-state index in [1.54, 1.807) is 7.11 Å². The zero-order chi connectivity index (χ0) is 20.5. The maximum Gasteiger partial charge on any atom is 0.264 e. The fourth-order valence-electron chi connectivity index (χ4n) is 4.56. The Morgan fingerprint density at radius 3 is 2.57 bits per heavy atom. The molecule has 0 aromatic heterocycles. The highest BCUT2D eigenvalue weighted by atomic mass is 32.2. The fourth-order valence-corrected chi connectivity index (χ4v) is 4.96. The summed E-state index contributed by atoms with van der Waals surface area (Å²) in [6.07, 6.45) is 3.31. The van der Waals surface area contributed by atoms with E-state index in [1.807, 2.05) is 36.9 Å². The SMILES string of the molecule is CCN(CC)C(=O)C1CCC2=C1c1cc(OC)ccc1C2CCOS(C)(=O)=O. The molecular weight excluding hydrogens is 378 g/mol. The van der Waals surface area contributed by atoms with E-state index in [4.69, 9.17) is 8.92 Å². The Kier molecular flexibility index (Phi) is 6.15. The largest absolute Gasteiger partial charge is 0.497 e. The van der Waals surface area contributed by atoms with Crippen LogP contribution in [0.1, 0.15) is 50.2 Å². The van der Waals surface area contributed by atoms with Crippen LogP contribution < -0.4 is 4.74 Å². The molecule has 6 nitrogen and oxygen atoms in total. The van der Waals surface area contributed by atoms with Crippen molar-refractivity contribution in [3.63, 3.8) is 0 Å². The fraction of sp³-hybridized carbons (Fsp3) is 0.571. The van der Waals surface area contributed by atoms with Crippen LogP contribution in [0.25, 0.3) is 5.57 Å². The van der Waals surface area contributed by atoms with Crippen LogP contribution in [0.4, 0.5) is 0 Å². The number of carbonyl (C=O) groups excluding carboxylic acids is 1. The van der Waals surface area contributed by atoms with Crippen molar-refractivity contribution in [3.8, 4) is 5.75 Å². The first-order valence-corrected chi connectivity index (χ1v) is 11.7. The number of benzene rings is 1. The Morgan fingerprint density at radius 1 is 1.25 bits per heavy atom. The van der Waals surface area contributed by atoms with Crippen molar-refractivity contribution in [1.29, 1.82) is 0 Å². The van der Waals surface area contributed by atoms with Crippen LogP contribution in [0, 0.1) is 5.92 Å². The summed E-state index contributed by atoms with van der Waals surface area (Å²) in [5, 5.41) is 0. The Hall–Kier alpha value is -1.86. The van der Waals surface area contributed by atoms with E-state index in [1.165, 1.54) is 5.57 Å². The van der Waals surface area contributed by atoms with Gasteiger partial charge < -0.3 is 9.64 Å². The minimum Gasteiger partial charge on any atom is -0.497 e. The predicted molar refractivity (Wildman–Crippen MR) is 109 cm³/mol. The van der Waals surface area contributed by atoms with Gasteiger partial charge in [-0.05, 0) is 61.9 Å². The number of allylic oxidation sites excluding steroid dienone is 1. The molecule has 2 atom stereocenters. The second-order valence-corrected chi connectivity index (χ2v) is 9.01. The number of nitrogens with zero attached hydrogens (tertiary/aromatic N) is 1. The molecule has 0 aliphatic heterocycles. The maximum atomic E-state index is 13.1. The summed E-state index contributed by atoms with van der Waals surface area (Å²) in [7, 11) is -1.83. The molecule has 0 bridgehead atoms. The monoisotopic (exact) mass is 407 g/mol. The van der Waals surface area contributed by atoms with Crippen molar-refractivity contribution in [2.75, 3.05) is 33.1 Å². The average Bonchev–Trinajstić information content (AvgIpc) is 3.20. The molecular formula is C21H29NO5S. The summed E-state index contributed by atoms with van der Waals surface area (Å²) >= 11 is 0. The minimum atomic E-state index is -3.47. The lowest BCUT2D eigenvalue weighted by molar-refractivity contribution is -0.133. The standard InChI is InChI=1S/C21H29NO5S/c1-5-22(6-2)21(23)18-10-9-17-16(11-12-27-28(4,24)25)15-8-7-14(26-3)13-19(15)20(17)18/h7-8,13,16,18H,5-6,9-12H2,1-4H3. The summed E-state index contributed by atoms with van der Waals surface area (Å²) in [5.41, 5.74) is 4.59. The molecule has 0 saturated carbocycles. The molecule has 1 amide bonds. The van der Waals surface area contributed by atoms with Gasteiger partial charge in [-0.3, -0.25) is 8.98 Å². The van der Waals surface area contributed by atoms with Crippen molar-refractivity contribution >= 4 is 21.6 Å². The Bertz CT molecular complexity index is 886. The lowest BCUT2D eigenvalue weighted by Gasteiger charge is -2.24. The summed E-state index contributed by atoms with van der Waals surface area (Å²) in [4.78, 5) is 15.0. The predicted octanol–water partition coefficient (Wildman–Crippen LogP) is 3.19. The first-order chi connectivity index (χ1) is 13.3. The molecule has 0 fully saturated rings. The zero-order valence-electron chi connectivity index (χ0n) is 17.0. The number of fused-ring (bicyclic) bond motifs is 2. The number of hydrogen-bond acceptors (Lipinski definition) is 5. The van der Waals surface area contributed by atoms with Crippen LogP contribution in [-0.4, -0.2) is 52.3 Å². The smallest absolute Gasteiger partial charge is 0.264 e. The average molecular weight is 408 g/mol. The van der Waals surface area contributed by atoms with Crippen molar-refractivity contribution in [3.05, 3.63) is 34.9 Å². The number of rotatable bonds is 8. The third-order valence-electron chi connectivity index (χ3n) is 5.82. The van der Waals surface area contributed by atoms with Gasteiger partial charge in [0.05, 0.1) is 25.9 Å². The maximum absolute atomic E-state index is 13.1. The van der Waals surface area contributed by atoms with Gasteiger partial charge in [0.25, 0.3) is 10.1 Å². The van der Waals surface area contributed by atoms with Gasteiger partial charge >= 0.3 is 0 Å². The van der Waals surface area contributed by atoms with Crippen molar-refractivity contribution in [1.82, 2.24) is 4.90 Å². The number of hydrogen-bond donors (Lipinski definition) is 0. The molecule has 2 aliphatic carbocycles. The Labute approximate surface area is 167 Å². The number of methoxy groups -OCH3 is 1. The molecule has 1 aromatic rings. The van der Waals surface area contributed by atoms with E-state index in [0.717, 1.165) is 41.5 Å². The quantitative estimate of drug-likeness (QED) is 0.619. The number of amides is 1. The molecule has 0 heterocycles. The van der Waals surface area contributed by atoms with Crippen molar-refractivity contribution in [2.45, 2.75) is 39.0 Å². The molecule has 1 aromatic carbocycles. The normalized spacial score (nSPS) is 20.9. The van der Waals surface area contributed by atoms with Gasteiger partial charge in [-0.1, -0.05) is 11.6 Å². The number of ether oxygens (including phenoxy) is 1. The van der Waals surface area contributed by atoms with Crippen LogP contribution in [0.2, 0.25) is 0 Å². The van der Waals surface area contributed by atoms with Crippen molar-refractivity contribution in [2.24, 2.45) is 5.92 Å². The minimum absolute atomic E-state index is 0.0900. The summed E-state index contributed by atoms with van der Waals surface area (Å²) < 4.78 is 33.1. The van der Waals surface area contributed by atoms with Gasteiger partial charge in [0.1, 0.15) is 5.75 Å². The van der Waals surface area contributed by atoms with Crippen LogP contribution in [0.15, 0.2) is 23.8 Å². The van der Waals surface area contributed by atoms with Gasteiger partial charge in [0, 0.05) is 19.0 Å². The van der Waals surface area contributed by atoms with Gasteiger partial charge in [-0.25, -0.2) is 0 Å². The van der Waals surface area contributed by atoms with E-state index in [9.17, 15) is 13.2 Å². The second-order valence-electron chi connectivity index (χ2n) is 7.36. The van der Waals surface area contributed by atoms with Gasteiger partial charge in [0.2, 0.25) is 5.91 Å². The van der Waals surface area contributed by atoms with Gasteiger partial charge in [-0.15, -0.1) is 0 Å². The Morgan fingerprint density at radius 2 is 1.96 bits per heavy atom. The first kappa shape index (κ1) is 20.9. The third-order valence-corrected chi connectivity index (χ3v) is 6.42. The van der Waals surface area contributed by atoms with Gasteiger partial charge in [-0.2, -0.15) is 8.42 Å². The Balaban J connectivity index is 1.96. The van der Waals surface area contributed by atoms with E-state index >= 15 is 0 Å². The molecule has 7 heteroatoms. The second kappa shape index (κ2) is 8.25. The van der Waals surface area contributed by atoms with E-state index in [0.29, 0.717) is 19.5 Å². The highest BCUT2D eigenvalue weighted by Crippen LogP contribution is 2.54. The summed E-state index contributed by atoms with van der Waals surface area (Å²) in [6.45, 7) is 5.54. The van der Waals surface area contributed by atoms with Crippen LogP contribution in [0.5, 0.6) is 5.75 Å². The lowest BCUT2D eigenvalue weighted by atomic mass is 9.89. The van der Waals surface area contributed by atoms with Crippen LogP contribution in [0.3, 0.4) is 0 Å². The van der Waals surface area contributed by atoms with Crippen LogP contribution in [-0.2, 0) is 19.1 Å². The topological polar surface area (TPSA) is 72.9 Å². The molecule has 0 N–H and O–H groups in total. The highest BCUT2D eigenvalue weighted by Gasteiger charge is 2.42. The number of carbonyl (C=O) groups is 1. The molecule has 0 spiro atoms. The third kappa shape index (κ3) is 3.96. The van der Waals surface area contributed by atoms with Crippen molar-refractivity contribution < 1.29 is 22.1 Å². The lowest BCUT2D eigenvalue weighted by Crippen LogP contribution is -2.35. The van der Waals surface area contributed by atoms with E-state index in [-0.39, 0.29) is 24.3 Å². The zero-order valence-corrected chi connectivity index (χ0v) is 17.8. The molecule has 28 heavy (non-hydrogen) atoms. The molecule has 154 valence electrons. The summed E-state index contributed by atoms with van der Waals surface area (Å²) in [5.74, 6) is 0.894. The first-order valence-electron chi connectivity index (χ1n) is 9.85. The van der Waals surface area contributed by atoms with E-state index in [2.05, 4.69) is 0 Å². The van der Waals surface area contributed by atoms with Crippen LogP contribution >= 0.6 is 0 Å². The molecule has 3 rings (SSSR count). The summed E-state index contributed by atoms with van der Waals surface area (Å²) in [6, 6.07) is 5.97. The van der Waals surface area contributed by atoms with Gasteiger partial charge in [0.15, 0.2) is 0 Å². The molecule has 2 unspecified atom stereocenters.